The van der Waals surface area contributed by atoms with Crippen LogP contribution >= 0.6 is 11.8 Å². The van der Waals surface area contributed by atoms with Crippen molar-refractivity contribution in [3.63, 3.8) is 0 Å². The monoisotopic (exact) mass is 489 g/mol. The average molecular weight is 490 g/mol. The number of thioether (sulfide) groups is 1. The van der Waals surface area contributed by atoms with E-state index in [1.165, 1.54) is 30.0 Å². The summed E-state index contributed by atoms with van der Waals surface area (Å²) in [6, 6.07) is 18.9. The van der Waals surface area contributed by atoms with Crippen molar-refractivity contribution in [3.8, 4) is 0 Å². The number of nitrogens with zero attached hydrogens (tertiary/aromatic N) is 3. The molecule has 0 aliphatic rings. The molecule has 0 aliphatic carbocycles. The minimum Gasteiger partial charge on any atom is -0.342 e. The number of amides is 2. The van der Waals surface area contributed by atoms with E-state index in [4.69, 9.17) is 0 Å². The molecule has 0 aliphatic heterocycles. The Morgan fingerprint density at radius 1 is 1.09 bits per heavy atom. The number of hydrogen-bond donors (Lipinski definition) is 2. The number of nitrogens with one attached hydrogen (secondary N) is 2. The Morgan fingerprint density at radius 2 is 1.83 bits per heavy atom. The predicted octanol–water partition coefficient (Wildman–Crippen LogP) is 4.98. The molecule has 9 heteroatoms. The topological polar surface area (TPSA) is 88.9 Å². The maximum Gasteiger partial charge on any atom is 0.254 e. The van der Waals surface area contributed by atoms with Crippen molar-refractivity contribution >= 4 is 40.0 Å². The third-order valence-corrected chi connectivity index (χ3v) is 6.24. The molecule has 2 N–H and O–H groups in total. The molecule has 7 nitrogen and oxygen atoms in total. The lowest BCUT2D eigenvalue weighted by atomic mass is 10.1. The van der Waals surface area contributed by atoms with Gasteiger partial charge in [-0.25, -0.2) is 4.39 Å². The molecule has 0 radical (unpaired) electrons. The van der Waals surface area contributed by atoms with Gasteiger partial charge < -0.3 is 15.2 Å². The SMILES string of the molecule is C=CCn1c(SCC(=O)Nc2ccc3ccccc3c2)nnc1[C@@H](C)NC(=O)c1ccccc1F. The molecule has 1 atom stereocenters. The normalized spacial score (nSPS) is 11.7. The van der Waals surface area contributed by atoms with Crippen molar-refractivity contribution < 1.29 is 14.0 Å². The first-order valence-electron chi connectivity index (χ1n) is 11.0. The van der Waals surface area contributed by atoms with E-state index in [2.05, 4.69) is 27.4 Å². The highest BCUT2D eigenvalue weighted by atomic mass is 32.2. The predicted molar refractivity (Wildman–Crippen MR) is 136 cm³/mol. The maximum atomic E-state index is 14.0. The molecule has 0 saturated carbocycles. The lowest BCUT2D eigenvalue weighted by molar-refractivity contribution is -0.113. The largest absolute Gasteiger partial charge is 0.342 e. The van der Waals surface area contributed by atoms with Gasteiger partial charge >= 0.3 is 0 Å². The summed E-state index contributed by atoms with van der Waals surface area (Å²) in [4.78, 5) is 25.1. The van der Waals surface area contributed by atoms with E-state index in [9.17, 15) is 14.0 Å². The number of rotatable bonds is 9. The summed E-state index contributed by atoms with van der Waals surface area (Å²) in [7, 11) is 0. The molecule has 4 rings (SSSR count). The van der Waals surface area contributed by atoms with Crippen LogP contribution in [0.5, 0.6) is 0 Å². The smallest absolute Gasteiger partial charge is 0.254 e. The first-order valence-corrected chi connectivity index (χ1v) is 12.0. The third kappa shape index (κ3) is 5.75. The summed E-state index contributed by atoms with van der Waals surface area (Å²) in [6.45, 7) is 5.90. The Bertz CT molecular complexity index is 1390. The van der Waals surface area contributed by atoms with E-state index in [1.54, 1.807) is 23.6 Å². The van der Waals surface area contributed by atoms with Crippen LogP contribution in [-0.2, 0) is 11.3 Å². The van der Waals surface area contributed by atoms with Crippen LogP contribution in [0.2, 0.25) is 0 Å². The van der Waals surface area contributed by atoms with Gasteiger partial charge in [-0.05, 0) is 42.0 Å². The van der Waals surface area contributed by atoms with Crippen molar-refractivity contribution in [2.24, 2.45) is 0 Å². The molecular weight excluding hydrogens is 465 g/mol. The highest BCUT2D eigenvalue weighted by Gasteiger charge is 2.21. The van der Waals surface area contributed by atoms with E-state index in [0.29, 0.717) is 23.2 Å². The van der Waals surface area contributed by atoms with E-state index in [1.807, 2.05) is 42.5 Å². The van der Waals surface area contributed by atoms with E-state index in [0.717, 1.165) is 10.8 Å². The standard InChI is InChI=1S/C26H24FN5O2S/c1-3-14-32-24(17(2)28-25(34)21-10-6-7-11-22(21)27)30-31-26(32)35-16-23(33)29-20-13-12-18-8-4-5-9-19(18)15-20/h3-13,15,17H,1,14,16H2,2H3,(H,28,34)(H,29,33)/t17-/m1/s1. The molecule has 3 aromatic carbocycles. The van der Waals surface area contributed by atoms with Gasteiger partial charge in [0.25, 0.3) is 5.91 Å². The molecule has 178 valence electrons. The minimum atomic E-state index is -0.599. The number of carbonyl (C=O) groups is 2. The lowest BCUT2D eigenvalue weighted by Gasteiger charge is -2.15. The number of allylic oxidation sites excluding steroid dienone is 1. The van der Waals surface area contributed by atoms with Crippen LogP contribution in [0.4, 0.5) is 10.1 Å². The summed E-state index contributed by atoms with van der Waals surface area (Å²) < 4.78 is 15.7. The van der Waals surface area contributed by atoms with E-state index in [-0.39, 0.29) is 17.2 Å². The average Bonchev–Trinajstić information content (AvgIpc) is 3.26. The summed E-state index contributed by atoms with van der Waals surface area (Å²) >= 11 is 1.23. The Hall–Kier alpha value is -3.98. The van der Waals surface area contributed by atoms with Crippen LogP contribution in [0.25, 0.3) is 10.8 Å². The van der Waals surface area contributed by atoms with Gasteiger partial charge in [-0.2, -0.15) is 0 Å². The summed E-state index contributed by atoms with van der Waals surface area (Å²) in [5.74, 6) is -0.725. The van der Waals surface area contributed by atoms with Gasteiger partial charge in [-0.3, -0.25) is 9.59 Å². The Kier molecular flexibility index (Phi) is 7.57. The number of benzene rings is 3. The molecule has 35 heavy (non-hydrogen) atoms. The quantitative estimate of drug-likeness (QED) is 0.256. The van der Waals surface area contributed by atoms with Crippen molar-refractivity contribution in [2.75, 3.05) is 11.1 Å². The lowest BCUT2D eigenvalue weighted by Crippen LogP contribution is -2.29. The Morgan fingerprint density at radius 3 is 2.60 bits per heavy atom. The van der Waals surface area contributed by atoms with Crippen molar-refractivity contribution in [3.05, 3.63) is 96.6 Å². The van der Waals surface area contributed by atoms with Gasteiger partial charge in [0.15, 0.2) is 11.0 Å². The van der Waals surface area contributed by atoms with E-state index < -0.39 is 17.8 Å². The van der Waals surface area contributed by atoms with Crippen molar-refractivity contribution in [1.82, 2.24) is 20.1 Å². The number of anilines is 1. The maximum absolute atomic E-state index is 14.0. The number of halogens is 1. The second-order valence-corrected chi connectivity index (χ2v) is 8.76. The summed E-state index contributed by atoms with van der Waals surface area (Å²) in [5.41, 5.74) is 0.668. The second kappa shape index (κ2) is 11.0. The van der Waals surface area contributed by atoms with Gasteiger partial charge in [0.2, 0.25) is 5.91 Å². The molecule has 0 spiro atoms. The fourth-order valence-electron chi connectivity index (χ4n) is 3.61. The third-order valence-electron chi connectivity index (χ3n) is 5.28. The second-order valence-electron chi connectivity index (χ2n) is 7.81. The van der Waals surface area contributed by atoms with Crippen LogP contribution in [0.15, 0.2) is 84.5 Å². The van der Waals surface area contributed by atoms with Gasteiger partial charge in [0.1, 0.15) is 5.82 Å². The van der Waals surface area contributed by atoms with Crippen LogP contribution in [0.3, 0.4) is 0 Å². The van der Waals surface area contributed by atoms with Crippen LogP contribution in [0, 0.1) is 5.82 Å². The number of aromatic nitrogens is 3. The van der Waals surface area contributed by atoms with Gasteiger partial charge in [0.05, 0.1) is 17.4 Å². The number of fused-ring (bicyclic) bond motifs is 1. The van der Waals surface area contributed by atoms with Crippen LogP contribution in [-0.4, -0.2) is 32.3 Å². The minimum absolute atomic E-state index is 0.0471. The van der Waals surface area contributed by atoms with Gasteiger partial charge in [-0.1, -0.05) is 60.3 Å². The molecule has 1 heterocycles. The van der Waals surface area contributed by atoms with Crippen LogP contribution in [0.1, 0.15) is 29.1 Å². The Labute approximate surface area is 206 Å². The fourth-order valence-corrected chi connectivity index (χ4v) is 4.36. The molecule has 4 aromatic rings. The molecule has 0 saturated heterocycles. The van der Waals surface area contributed by atoms with Crippen LogP contribution < -0.4 is 10.6 Å². The zero-order valence-corrected chi connectivity index (χ0v) is 19.9. The molecular formula is C26H24FN5O2S. The zero-order chi connectivity index (χ0) is 24.8. The first-order chi connectivity index (χ1) is 17.0. The zero-order valence-electron chi connectivity index (χ0n) is 19.1. The first kappa shape index (κ1) is 24.2. The van der Waals surface area contributed by atoms with Gasteiger partial charge in [-0.15, -0.1) is 16.8 Å². The fraction of sp³-hybridized carbons (Fsp3) is 0.154. The number of carbonyl (C=O) groups excluding carboxylic acids is 2. The Balaban J connectivity index is 1.42. The van der Waals surface area contributed by atoms with Gasteiger partial charge in [0, 0.05) is 12.2 Å². The molecule has 0 bridgehead atoms. The van der Waals surface area contributed by atoms with Crippen molar-refractivity contribution in [1.29, 1.82) is 0 Å². The molecule has 1 aromatic heterocycles. The number of hydrogen-bond acceptors (Lipinski definition) is 5. The summed E-state index contributed by atoms with van der Waals surface area (Å²) in [5, 5.41) is 16.7. The molecule has 2 amide bonds. The molecule has 0 unspecified atom stereocenters. The highest BCUT2D eigenvalue weighted by molar-refractivity contribution is 7.99. The molecule has 0 fully saturated rings. The van der Waals surface area contributed by atoms with E-state index >= 15 is 0 Å². The highest BCUT2D eigenvalue weighted by Crippen LogP contribution is 2.23. The van der Waals surface area contributed by atoms with Crippen molar-refractivity contribution in [2.45, 2.75) is 24.7 Å². The summed E-state index contributed by atoms with van der Waals surface area (Å²) in [6.07, 6.45) is 1.68.